The maximum atomic E-state index is 5.48. The minimum atomic E-state index is 0.386. The maximum absolute atomic E-state index is 5.48. The molecule has 2 N–H and O–H groups in total. The van der Waals surface area contributed by atoms with Crippen molar-refractivity contribution in [1.29, 1.82) is 0 Å². The van der Waals surface area contributed by atoms with E-state index in [0.717, 1.165) is 10.2 Å². The summed E-state index contributed by atoms with van der Waals surface area (Å²) in [6.07, 6.45) is 0. The Bertz CT molecular complexity index is 512. The van der Waals surface area contributed by atoms with E-state index in [2.05, 4.69) is 50.6 Å². The largest absolute Gasteiger partial charge is 0.406 e. The van der Waals surface area contributed by atoms with Crippen LogP contribution in [0.25, 0.3) is 0 Å². The first-order valence-electron chi connectivity index (χ1n) is 5.72. The number of halogens is 1. The van der Waals surface area contributed by atoms with E-state index in [1.165, 1.54) is 0 Å². The van der Waals surface area contributed by atoms with Crippen LogP contribution in [0.4, 0.5) is 11.7 Å². The van der Waals surface area contributed by atoms with Gasteiger partial charge in [-0.15, -0.1) is 5.10 Å². The van der Waals surface area contributed by atoms with Crippen LogP contribution in [0.3, 0.4) is 0 Å². The molecule has 0 aliphatic rings. The predicted octanol–water partition coefficient (Wildman–Crippen LogP) is 3.07. The highest BCUT2D eigenvalue weighted by Crippen LogP contribution is 2.24. The van der Waals surface area contributed by atoms with Gasteiger partial charge >= 0.3 is 6.01 Å². The van der Waals surface area contributed by atoms with Gasteiger partial charge in [0.1, 0.15) is 0 Å². The molecule has 0 aliphatic carbocycles. The topological polar surface area (TPSA) is 63.0 Å². The van der Waals surface area contributed by atoms with Crippen molar-refractivity contribution in [3.8, 4) is 0 Å². The summed E-state index contributed by atoms with van der Waals surface area (Å²) in [6, 6.07) is 8.53. The second kappa shape index (κ2) is 5.97. The van der Waals surface area contributed by atoms with Gasteiger partial charge in [-0.1, -0.05) is 31.1 Å². The van der Waals surface area contributed by atoms with Crippen LogP contribution < -0.4 is 10.6 Å². The lowest BCUT2D eigenvalue weighted by Crippen LogP contribution is -2.21. The summed E-state index contributed by atoms with van der Waals surface area (Å²) < 4.78 is 6.43. The van der Waals surface area contributed by atoms with Crippen molar-refractivity contribution < 1.29 is 4.42 Å². The Morgan fingerprint density at radius 2 is 2.06 bits per heavy atom. The van der Waals surface area contributed by atoms with E-state index < -0.39 is 0 Å². The Hall–Kier alpha value is -1.40. The molecule has 0 bridgehead atoms. The summed E-state index contributed by atoms with van der Waals surface area (Å²) in [5.74, 6) is 0.568. The van der Waals surface area contributed by atoms with Crippen LogP contribution in [0.2, 0.25) is 0 Å². The van der Waals surface area contributed by atoms with E-state index >= 15 is 0 Å². The van der Waals surface area contributed by atoms with Crippen LogP contribution >= 0.6 is 15.9 Å². The highest BCUT2D eigenvalue weighted by molar-refractivity contribution is 9.10. The van der Waals surface area contributed by atoms with Crippen molar-refractivity contribution in [2.24, 2.45) is 0 Å². The molecule has 0 unspecified atom stereocenters. The van der Waals surface area contributed by atoms with Crippen molar-refractivity contribution in [2.45, 2.75) is 26.4 Å². The fourth-order valence-electron chi connectivity index (χ4n) is 1.34. The molecule has 0 spiro atoms. The van der Waals surface area contributed by atoms with Crippen molar-refractivity contribution in [3.05, 3.63) is 34.6 Å². The van der Waals surface area contributed by atoms with E-state index in [-0.39, 0.29) is 0 Å². The van der Waals surface area contributed by atoms with Crippen molar-refractivity contribution in [3.63, 3.8) is 0 Å². The predicted molar refractivity (Wildman–Crippen MR) is 73.7 cm³/mol. The fourth-order valence-corrected chi connectivity index (χ4v) is 1.73. The van der Waals surface area contributed by atoms with Crippen molar-refractivity contribution in [2.75, 3.05) is 5.32 Å². The van der Waals surface area contributed by atoms with Crippen LogP contribution in [-0.4, -0.2) is 16.2 Å². The van der Waals surface area contributed by atoms with Crippen LogP contribution in [0.15, 0.2) is 33.2 Å². The summed E-state index contributed by atoms with van der Waals surface area (Å²) in [7, 11) is 0. The number of nitrogens with one attached hydrogen (secondary N) is 2. The second-order valence-electron chi connectivity index (χ2n) is 4.14. The maximum Gasteiger partial charge on any atom is 0.320 e. The molecule has 2 rings (SSSR count). The molecule has 0 atom stereocenters. The fraction of sp³-hybridized carbons (Fsp3) is 0.333. The van der Waals surface area contributed by atoms with E-state index in [1.54, 1.807) is 0 Å². The van der Waals surface area contributed by atoms with Gasteiger partial charge in [-0.3, -0.25) is 0 Å². The number of anilines is 2. The van der Waals surface area contributed by atoms with E-state index in [0.29, 0.717) is 24.5 Å². The normalized spacial score (nSPS) is 10.9. The van der Waals surface area contributed by atoms with E-state index in [4.69, 9.17) is 4.42 Å². The molecule has 1 aromatic heterocycles. The standard InChI is InChI=1S/C12H15BrN4O/c1-8(2)14-7-11-16-17-12(18-11)15-10-6-4-3-5-9(10)13/h3-6,8,14H,7H2,1-2H3,(H,15,17). The first-order valence-corrected chi connectivity index (χ1v) is 6.52. The van der Waals surface area contributed by atoms with Gasteiger partial charge in [-0.05, 0) is 28.1 Å². The number of nitrogens with zero attached hydrogens (tertiary/aromatic N) is 2. The molecule has 1 aromatic carbocycles. The van der Waals surface area contributed by atoms with Gasteiger partial charge in [0.25, 0.3) is 0 Å². The van der Waals surface area contributed by atoms with Crippen molar-refractivity contribution >= 4 is 27.6 Å². The summed E-state index contributed by atoms with van der Waals surface area (Å²) in [6.45, 7) is 4.70. The zero-order valence-corrected chi connectivity index (χ0v) is 11.9. The summed E-state index contributed by atoms with van der Waals surface area (Å²) in [5.41, 5.74) is 0.893. The molecule has 0 aliphatic heterocycles. The third-order valence-electron chi connectivity index (χ3n) is 2.24. The number of rotatable bonds is 5. The Balaban J connectivity index is 2.00. The highest BCUT2D eigenvalue weighted by atomic mass is 79.9. The highest BCUT2D eigenvalue weighted by Gasteiger charge is 2.07. The molecule has 0 saturated heterocycles. The molecular formula is C12H15BrN4O. The molecule has 6 heteroatoms. The quantitative estimate of drug-likeness (QED) is 0.888. The zero-order chi connectivity index (χ0) is 13.0. The van der Waals surface area contributed by atoms with Gasteiger partial charge in [0.05, 0.1) is 12.2 Å². The molecule has 2 aromatic rings. The smallest absolute Gasteiger partial charge is 0.320 e. The van der Waals surface area contributed by atoms with Gasteiger partial charge in [0.2, 0.25) is 5.89 Å². The monoisotopic (exact) mass is 310 g/mol. The van der Waals surface area contributed by atoms with Crippen molar-refractivity contribution in [1.82, 2.24) is 15.5 Å². The molecule has 0 fully saturated rings. The summed E-state index contributed by atoms with van der Waals surface area (Å²) in [4.78, 5) is 0. The van der Waals surface area contributed by atoms with Crippen LogP contribution in [-0.2, 0) is 6.54 Å². The molecule has 1 heterocycles. The summed E-state index contributed by atoms with van der Waals surface area (Å²) in [5, 5.41) is 14.2. The Morgan fingerprint density at radius 1 is 1.28 bits per heavy atom. The average Bonchev–Trinajstić information content (AvgIpc) is 2.77. The molecule has 0 amide bonds. The lowest BCUT2D eigenvalue weighted by atomic mass is 10.3. The van der Waals surface area contributed by atoms with Crippen LogP contribution in [0.1, 0.15) is 19.7 Å². The number of aromatic nitrogens is 2. The lowest BCUT2D eigenvalue weighted by Gasteiger charge is -2.04. The lowest BCUT2D eigenvalue weighted by molar-refractivity contribution is 0.460. The number of para-hydroxylation sites is 1. The third-order valence-corrected chi connectivity index (χ3v) is 2.94. The van der Waals surface area contributed by atoms with Gasteiger partial charge in [-0.25, -0.2) is 0 Å². The van der Waals surface area contributed by atoms with Gasteiger partial charge in [-0.2, -0.15) is 0 Å². The average molecular weight is 311 g/mol. The molecular weight excluding hydrogens is 296 g/mol. The third kappa shape index (κ3) is 3.54. The van der Waals surface area contributed by atoms with Gasteiger partial charge in [0.15, 0.2) is 0 Å². The molecule has 96 valence electrons. The van der Waals surface area contributed by atoms with Gasteiger partial charge < -0.3 is 15.1 Å². The Morgan fingerprint density at radius 3 is 2.78 bits per heavy atom. The number of hydrogen-bond acceptors (Lipinski definition) is 5. The molecule has 0 radical (unpaired) electrons. The minimum Gasteiger partial charge on any atom is -0.406 e. The minimum absolute atomic E-state index is 0.386. The Labute approximate surface area is 114 Å². The van der Waals surface area contributed by atoms with E-state index in [1.807, 2.05) is 24.3 Å². The summed E-state index contributed by atoms with van der Waals surface area (Å²) >= 11 is 3.45. The molecule has 5 nitrogen and oxygen atoms in total. The first kappa shape index (κ1) is 13.0. The number of benzene rings is 1. The van der Waals surface area contributed by atoms with Crippen LogP contribution in [0, 0.1) is 0 Å². The van der Waals surface area contributed by atoms with Gasteiger partial charge in [0, 0.05) is 10.5 Å². The number of hydrogen-bond donors (Lipinski definition) is 2. The first-order chi connectivity index (χ1) is 8.65. The second-order valence-corrected chi connectivity index (χ2v) is 5.00. The molecule has 0 saturated carbocycles. The Kier molecular flexibility index (Phi) is 4.33. The van der Waals surface area contributed by atoms with E-state index in [9.17, 15) is 0 Å². The SMILES string of the molecule is CC(C)NCc1nnc(Nc2ccccc2Br)o1. The molecule has 18 heavy (non-hydrogen) atoms. The van der Waals surface area contributed by atoms with Crippen LogP contribution in [0.5, 0.6) is 0 Å². The zero-order valence-electron chi connectivity index (χ0n) is 10.3.